The van der Waals surface area contributed by atoms with Gasteiger partial charge in [0.2, 0.25) is 0 Å². The molecule has 3 heteroatoms. The summed E-state index contributed by atoms with van der Waals surface area (Å²) in [6, 6.07) is 17.0. The molecule has 0 heterocycles. The van der Waals surface area contributed by atoms with Crippen molar-refractivity contribution in [2.45, 2.75) is 39.5 Å². The molecular formula is C20H27NO2. The number of nitrogens with one attached hydrogen (secondary N) is 1. The summed E-state index contributed by atoms with van der Waals surface area (Å²) in [7, 11) is 1.72. The highest BCUT2D eigenvalue weighted by Gasteiger charge is 2.09. The second kappa shape index (κ2) is 9.33. The molecule has 3 nitrogen and oxygen atoms in total. The lowest BCUT2D eigenvalue weighted by molar-refractivity contribution is 0.133. The van der Waals surface area contributed by atoms with Crippen LogP contribution in [0.2, 0.25) is 0 Å². The third-order valence-electron chi connectivity index (χ3n) is 3.94. The zero-order valence-electron chi connectivity index (χ0n) is 14.3. The smallest absolute Gasteiger partial charge is 0.122 e. The van der Waals surface area contributed by atoms with Crippen molar-refractivity contribution in [2.75, 3.05) is 13.7 Å². The van der Waals surface area contributed by atoms with E-state index in [1.165, 1.54) is 16.7 Å². The van der Waals surface area contributed by atoms with E-state index in [-0.39, 0.29) is 0 Å². The summed E-state index contributed by atoms with van der Waals surface area (Å²) < 4.78 is 11.0. The Morgan fingerprint density at radius 3 is 2.30 bits per heavy atom. The van der Waals surface area contributed by atoms with Crippen molar-refractivity contribution in [1.82, 2.24) is 5.32 Å². The van der Waals surface area contributed by atoms with Gasteiger partial charge in [0.15, 0.2) is 0 Å². The zero-order valence-corrected chi connectivity index (χ0v) is 14.3. The van der Waals surface area contributed by atoms with Crippen LogP contribution >= 0.6 is 0 Å². The number of methoxy groups -OCH3 is 1. The molecule has 0 bridgehead atoms. The molecule has 0 amide bonds. The van der Waals surface area contributed by atoms with Crippen LogP contribution in [-0.4, -0.2) is 19.8 Å². The minimum atomic E-state index is 0.367. The summed E-state index contributed by atoms with van der Waals surface area (Å²) in [5, 5.41) is 3.60. The Morgan fingerprint density at radius 1 is 0.957 bits per heavy atom. The zero-order chi connectivity index (χ0) is 16.5. The van der Waals surface area contributed by atoms with Crippen molar-refractivity contribution in [3.63, 3.8) is 0 Å². The van der Waals surface area contributed by atoms with Gasteiger partial charge in [-0.05, 0) is 43.0 Å². The number of ether oxygens (including phenoxy) is 2. The summed E-state index contributed by atoms with van der Waals surface area (Å²) in [6.07, 6.45) is 0.942. The fourth-order valence-corrected chi connectivity index (χ4v) is 2.64. The van der Waals surface area contributed by atoms with Gasteiger partial charge >= 0.3 is 0 Å². The van der Waals surface area contributed by atoms with Crippen molar-refractivity contribution >= 4 is 0 Å². The van der Waals surface area contributed by atoms with E-state index >= 15 is 0 Å². The first-order valence-electron chi connectivity index (χ1n) is 8.24. The Bertz CT molecular complexity index is 598. The monoisotopic (exact) mass is 313 g/mol. The van der Waals surface area contributed by atoms with E-state index in [2.05, 4.69) is 48.6 Å². The van der Waals surface area contributed by atoms with E-state index in [4.69, 9.17) is 9.47 Å². The summed E-state index contributed by atoms with van der Waals surface area (Å²) in [6.45, 7) is 6.49. The van der Waals surface area contributed by atoms with Crippen LogP contribution < -0.4 is 10.1 Å². The topological polar surface area (TPSA) is 30.5 Å². The van der Waals surface area contributed by atoms with Gasteiger partial charge in [-0.3, -0.25) is 0 Å². The molecule has 0 aliphatic rings. The van der Waals surface area contributed by atoms with Gasteiger partial charge in [0.05, 0.1) is 13.7 Å². The normalized spacial score (nSPS) is 12.1. The molecule has 0 saturated heterocycles. The van der Waals surface area contributed by atoms with Crippen LogP contribution in [0.25, 0.3) is 0 Å². The van der Waals surface area contributed by atoms with Crippen molar-refractivity contribution in [2.24, 2.45) is 0 Å². The Hall–Kier alpha value is -1.84. The van der Waals surface area contributed by atoms with Gasteiger partial charge in [0, 0.05) is 19.2 Å². The largest absolute Gasteiger partial charge is 0.496 e. The van der Waals surface area contributed by atoms with Crippen LogP contribution in [0.4, 0.5) is 0 Å². The number of hydrogen-bond acceptors (Lipinski definition) is 3. The molecule has 0 aromatic heterocycles. The van der Waals surface area contributed by atoms with Gasteiger partial charge < -0.3 is 14.8 Å². The third-order valence-corrected chi connectivity index (χ3v) is 3.94. The fraction of sp³-hybridized carbons (Fsp3) is 0.400. The lowest BCUT2D eigenvalue weighted by atomic mass is 10.0. The van der Waals surface area contributed by atoms with Gasteiger partial charge in [-0.1, -0.05) is 42.5 Å². The second-order valence-electron chi connectivity index (χ2n) is 5.70. The van der Waals surface area contributed by atoms with Crippen molar-refractivity contribution in [3.8, 4) is 5.75 Å². The van der Waals surface area contributed by atoms with Gasteiger partial charge in [-0.25, -0.2) is 0 Å². The third kappa shape index (κ3) is 5.38. The lowest BCUT2D eigenvalue weighted by Gasteiger charge is -2.17. The maximum Gasteiger partial charge on any atom is 0.122 e. The van der Waals surface area contributed by atoms with Crippen LogP contribution in [0.3, 0.4) is 0 Å². The summed E-state index contributed by atoms with van der Waals surface area (Å²) in [5.74, 6) is 0.956. The molecule has 1 unspecified atom stereocenters. The molecule has 0 saturated carbocycles. The Kier molecular flexibility index (Phi) is 7.11. The molecule has 124 valence electrons. The second-order valence-corrected chi connectivity index (χ2v) is 5.70. The van der Waals surface area contributed by atoms with Gasteiger partial charge in [0.1, 0.15) is 5.75 Å². The van der Waals surface area contributed by atoms with E-state index in [0.717, 1.165) is 25.3 Å². The molecule has 0 radical (unpaired) electrons. The molecule has 0 aliphatic heterocycles. The highest BCUT2D eigenvalue weighted by molar-refractivity contribution is 5.34. The molecule has 0 aliphatic carbocycles. The molecule has 0 spiro atoms. The Morgan fingerprint density at radius 2 is 1.61 bits per heavy atom. The first-order valence-corrected chi connectivity index (χ1v) is 8.24. The van der Waals surface area contributed by atoms with Crippen molar-refractivity contribution < 1.29 is 9.47 Å². The van der Waals surface area contributed by atoms with Crippen LogP contribution in [0, 0.1) is 0 Å². The lowest BCUT2D eigenvalue weighted by Crippen LogP contribution is -2.28. The molecule has 2 aromatic carbocycles. The van der Waals surface area contributed by atoms with Crippen molar-refractivity contribution in [3.05, 3.63) is 65.2 Å². The maximum atomic E-state index is 5.55. The highest BCUT2D eigenvalue weighted by atomic mass is 16.5. The van der Waals surface area contributed by atoms with Gasteiger partial charge in [-0.15, -0.1) is 0 Å². The van der Waals surface area contributed by atoms with E-state index in [1.807, 2.05) is 19.1 Å². The predicted octanol–water partition coefficient (Wildman–Crippen LogP) is 3.95. The summed E-state index contributed by atoms with van der Waals surface area (Å²) >= 11 is 0. The quantitative estimate of drug-likeness (QED) is 0.760. The van der Waals surface area contributed by atoms with E-state index in [1.54, 1.807) is 7.11 Å². The molecule has 1 atom stereocenters. The van der Waals surface area contributed by atoms with E-state index in [0.29, 0.717) is 12.6 Å². The fourth-order valence-electron chi connectivity index (χ4n) is 2.64. The highest BCUT2D eigenvalue weighted by Crippen LogP contribution is 2.19. The summed E-state index contributed by atoms with van der Waals surface area (Å²) in [5.41, 5.74) is 3.79. The molecule has 23 heavy (non-hydrogen) atoms. The number of hydrogen-bond donors (Lipinski definition) is 1. The van der Waals surface area contributed by atoms with E-state index < -0.39 is 0 Å². The average molecular weight is 313 g/mol. The summed E-state index contributed by atoms with van der Waals surface area (Å²) in [4.78, 5) is 0. The Balaban J connectivity index is 1.93. The molecular weight excluding hydrogens is 286 g/mol. The van der Waals surface area contributed by atoms with E-state index in [9.17, 15) is 0 Å². The minimum absolute atomic E-state index is 0.367. The first kappa shape index (κ1) is 17.5. The number of para-hydroxylation sites is 1. The maximum absolute atomic E-state index is 5.55. The molecule has 0 fully saturated rings. The van der Waals surface area contributed by atoms with Gasteiger partial charge in [-0.2, -0.15) is 0 Å². The first-order chi connectivity index (χ1) is 11.2. The van der Waals surface area contributed by atoms with Crippen LogP contribution in [0.5, 0.6) is 5.75 Å². The van der Waals surface area contributed by atoms with Gasteiger partial charge in [0.25, 0.3) is 0 Å². The molecule has 2 aromatic rings. The SMILES string of the molecule is CCOCc1ccccc1CNC(C)Cc1ccccc1OC. The molecule has 2 rings (SSSR count). The standard InChI is InChI=1S/C20H27NO2/c1-4-23-15-19-11-6-5-10-18(19)14-21-16(2)13-17-9-7-8-12-20(17)22-3/h5-12,16,21H,4,13-15H2,1-3H3. The van der Waals surface area contributed by atoms with Crippen LogP contribution in [0.15, 0.2) is 48.5 Å². The number of benzene rings is 2. The Labute approximate surface area is 139 Å². The molecule has 1 N–H and O–H groups in total. The average Bonchev–Trinajstić information content (AvgIpc) is 2.59. The number of rotatable bonds is 9. The van der Waals surface area contributed by atoms with Crippen LogP contribution in [0.1, 0.15) is 30.5 Å². The predicted molar refractivity (Wildman–Crippen MR) is 94.8 cm³/mol. The van der Waals surface area contributed by atoms with Crippen molar-refractivity contribution in [1.29, 1.82) is 0 Å². The van der Waals surface area contributed by atoms with Crippen LogP contribution in [-0.2, 0) is 24.3 Å². The minimum Gasteiger partial charge on any atom is -0.496 e.